The minimum Gasteiger partial charge on any atom is -0.381 e. The number of ether oxygens (including phenoxy) is 1. The van der Waals surface area contributed by atoms with Crippen molar-refractivity contribution < 1.29 is 27.1 Å². The lowest BCUT2D eigenvalue weighted by Crippen LogP contribution is -2.47. The minimum atomic E-state index is -3.45. The van der Waals surface area contributed by atoms with Crippen molar-refractivity contribution in [3.8, 4) is 0 Å². The zero-order valence-corrected chi connectivity index (χ0v) is 19.8. The highest BCUT2D eigenvalue weighted by atomic mass is 32.2. The molecular weight excluding hydrogens is 461 g/mol. The molecule has 2 heterocycles. The van der Waals surface area contributed by atoms with Gasteiger partial charge in [-0.25, -0.2) is 12.8 Å². The largest absolute Gasteiger partial charge is 0.381 e. The van der Waals surface area contributed by atoms with Crippen molar-refractivity contribution in [2.75, 3.05) is 42.2 Å². The second-order valence-electron chi connectivity index (χ2n) is 8.82. The molecule has 1 saturated heterocycles. The summed E-state index contributed by atoms with van der Waals surface area (Å²) in [7, 11) is -3.45. The fourth-order valence-electron chi connectivity index (χ4n) is 4.61. The van der Waals surface area contributed by atoms with E-state index in [1.807, 2.05) is 0 Å². The van der Waals surface area contributed by atoms with Crippen molar-refractivity contribution >= 4 is 33.2 Å². The maximum absolute atomic E-state index is 13.4. The van der Waals surface area contributed by atoms with E-state index in [0.717, 1.165) is 30.2 Å². The first-order valence-electron chi connectivity index (χ1n) is 11.2. The maximum Gasteiger partial charge on any atom is 0.313 e. The Morgan fingerprint density at radius 2 is 1.79 bits per heavy atom. The molecule has 34 heavy (non-hydrogen) atoms. The highest BCUT2D eigenvalue weighted by molar-refractivity contribution is 7.92. The average molecular weight is 490 g/mol. The first kappa shape index (κ1) is 24.2. The Balaban J connectivity index is 1.45. The van der Waals surface area contributed by atoms with E-state index < -0.39 is 27.3 Å². The number of carbonyl (C=O) groups is 2. The summed E-state index contributed by atoms with van der Waals surface area (Å²) in [6.07, 6.45) is 3.87. The van der Waals surface area contributed by atoms with Gasteiger partial charge >= 0.3 is 11.8 Å². The Labute approximate surface area is 198 Å². The molecule has 0 bridgehead atoms. The molecule has 0 radical (unpaired) electrons. The molecule has 0 atom stereocenters. The summed E-state index contributed by atoms with van der Waals surface area (Å²) in [5.41, 5.74) is 2.16. The highest BCUT2D eigenvalue weighted by Gasteiger charge is 2.35. The Morgan fingerprint density at radius 3 is 2.47 bits per heavy atom. The summed E-state index contributed by atoms with van der Waals surface area (Å²) >= 11 is 0. The second kappa shape index (κ2) is 9.71. The molecule has 4 rings (SSSR count). The fourth-order valence-corrected chi connectivity index (χ4v) is 5.60. The Hall–Kier alpha value is -2.98. The molecule has 10 heteroatoms. The molecule has 0 spiro atoms. The molecule has 0 unspecified atom stereocenters. The van der Waals surface area contributed by atoms with Crippen LogP contribution in [0.4, 0.5) is 15.8 Å². The summed E-state index contributed by atoms with van der Waals surface area (Å²) < 4.78 is 44.5. The van der Waals surface area contributed by atoms with Crippen LogP contribution >= 0.6 is 0 Å². The molecular formula is C24H28FN3O5S. The SMILES string of the molecule is CS(=O)(=O)N1CCCc2ccc(NC(=O)C(=O)NCC3(c4ccc(F)cc4)CCOCC3)cc21. The van der Waals surface area contributed by atoms with Gasteiger partial charge in [0.1, 0.15) is 5.82 Å². The number of benzene rings is 2. The maximum atomic E-state index is 13.4. The quantitative estimate of drug-likeness (QED) is 0.628. The third kappa shape index (κ3) is 5.23. The number of anilines is 2. The molecule has 0 aromatic heterocycles. The van der Waals surface area contributed by atoms with Crippen molar-refractivity contribution in [3.05, 3.63) is 59.4 Å². The van der Waals surface area contributed by atoms with Crippen LogP contribution in [0.2, 0.25) is 0 Å². The zero-order valence-electron chi connectivity index (χ0n) is 19.0. The fraction of sp³-hybridized carbons (Fsp3) is 0.417. The van der Waals surface area contributed by atoms with E-state index in [9.17, 15) is 22.4 Å². The second-order valence-corrected chi connectivity index (χ2v) is 10.7. The molecule has 2 aliphatic rings. The van der Waals surface area contributed by atoms with Crippen molar-refractivity contribution in [2.24, 2.45) is 0 Å². The number of rotatable bonds is 5. The van der Waals surface area contributed by atoms with Gasteiger partial charge in [-0.15, -0.1) is 0 Å². The van der Waals surface area contributed by atoms with Crippen LogP contribution in [0, 0.1) is 5.82 Å². The normalized spacial score (nSPS) is 17.5. The van der Waals surface area contributed by atoms with Gasteiger partial charge in [0.25, 0.3) is 0 Å². The summed E-state index contributed by atoms with van der Waals surface area (Å²) in [6, 6.07) is 11.2. The number of halogens is 1. The van der Waals surface area contributed by atoms with Gasteiger partial charge < -0.3 is 15.4 Å². The van der Waals surface area contributed by atoms with Gasteiger partial charge in [-0.2, -0.15) is 0 Å². The molecule has 2 aliphatic heterocycles. The van der Waals surface area contributed by atoms with Crippen LogP contribution < -0.4 is 14.9 Å². The molecule has 1 fully saturated rings. The zero-order chi connectivity index (χ0) is 24.3. The minimum absolute atomic E-state index is 0.209. The van der Waals surface area contributed by atoms with Crippen LogP contribution in [0.3, 0.4) is 0 Å². The average Bonchev–Trinajstić information content (AvgIpc) is 2.82. The van der Waals surface area contributed by atoms with Gasteiger partial charge in [0, 0.05) is 37.4 Å². The third-order valence-electron chi connectivity index (χ3n) is 6.52. The summed E-state index contributed by atoms with van der Waals surface area (Å²) in [5.74, 6) is -1.98. The lowest BCUT2D eigenvalue weighted by molar-refractivity contribution is -0.136. The summed E-state index contributed by atoms with van der Waals surface area (Å²) in [4.78, 5) is 25.2. The van der Waals surface area contributed by atoms with E-state index in [4.69, 9.17) is 4.74 Å². The molecule has 8 nitrogen and oxygen atoms in total. The Kier molecular flexibility index (Phi) is 6.90. The van der Waals surface area contributed by atoms with E-state index in [-0.39, 0.29) is 12.4 Å². The van der Waals surface area contributed by atoms with Gasteiger partial charge in [-0.1, -0.05) is 18.2 Å². The van der Waals surface area contributed by atoms with Crippen LogP contribution in [0.5, 0.6) is 0 Å². The van der Waals surface area contributed by atoms with Crippen LogP contribution in [0.1, 0.15) is 30.4 Å². The number of nitrogens with one attached hydrogen (secondary N) is 2. The van der Waals surface area contributed by atoms with Crippen molar-refractivity contribution in [1.82, 2.24) is 5.32 Å². The lowest BCUT2D eigenvalue weighted by Gasteiger charge is -2.37. The molecule has 2 N–H and O–H groups in total. The lowest BCUT2D eigenvalue weighted by atomic mass is 9.74. The number of amides is 2. The first-order valence-corrected chi connectivity index (χ1v) is 13.1. The van der Waals surface area contributed by atoms with Crippen molar-refractivity contribution in [2.45, 2.75) is 31.1 Å². The molecule has 0 saturated carbocycles. The monoisotopic (exact) mass is 489 g/mol. The van der Waals surface area contributed by atoms with Gasteiger partial charge in [0.2, 0.25) is 10.0 Å². The smallest absolute Gasteiger partial charge is 0.313 e. The van der Waals surface area contributed by atoms with Crippen molar-refractivity contribution in [3.63, 3.8) is 0 Å². The number of nitrogens with zero attached hydrogens (tertiary/aromatic N) is 1. The third-order valence-corrected chi connectivity index (χ3v) is 7.70. The van der Waals surface area contributed by atoms with Crippen LogP contribution in [0.15, 0.2) is 42.5 Å². The molecule has 2 aromatic carbocycles. The molecule has 2 amide bonds. The van der Waals surface area contributed by atoms with Gasteiger partial charge in [0.15, 0.2) is 0 Å². The van der Waals surface area contributed by atoms with E-state index in [1.165, 1.54) is 16.4 Å². The van der Waals surface area contributed by atoms with E-state index in [1.54, 1.807) is 30.3 Å². The van der Waals surface area contributed by atoms with Crippen LogP contribution in [-0.4, -0.2) is 52.8 Å². The number of sulfonamides is 1. The Bertz CT molecular complexity index is 1180. The molecule has 182 valence electrons. The van der Waals surface area contributed by atoms with E-state index in [2.05, 4.69) is 10.6 Å². The standard InChI is InChI=1S/C24H28FN3O5S/c1-34(31,32)28-12-2-3-17-4-9-20(15-21(17)28)27-23(30)22(29)26-16-24(10-13-33-14-11-24)18-5-7-19(25)8-6-18/h4-9,15H,2-3,10-14,16H2,1H3,(H,26,29)(H,27,30). The van der Waals surface area contributed by atoms with Crippen LogP contribution in [0.25, 0.3) is 0 Å². The van der Waals surface area contributed by atoms with E-state index in [0.29, 0.717) is 44.0 Å². The predicted molar refractivity (Wildman–Crippen MR) is 127 cm³/mol. The topological polar surface area (TPSA) is 105 Å². The summed E-state index contributed by atoms with van der Waals surface area (Å²) in [6.45, 7) is 1.59. The molecule has 0 aliphatic carbocycles. The number of carbonyl (C=O) groups excluding carboxylic acids is 2. The first-order chi connectivity index (χ1) is 16.2. The van der Waals surface area contributed by atoms with Gasteiger partial charge in [-0.05, 0) is 61.1 Å². The van der Waals surface area contributed by atoms with Gasteiger partial charge in [-0.3, -0.25) is 13.9 Å². The number of fused-ring (bicyclic) bond motifs is 1. The van der Waals surface area contributed by atoms with E-state index >= 15 is 0 Å². The van der Waals surface area contributed by atoms with Crippen LogP contribution in [-0.2, 0) is 36.2 Å². The highest BCUT2D eigenvalue weighted by Crippen LogP contribution is 2.35. The van der Waals surface area contributed by atoms with Gasteiger partial charge in [0.05, 0.1) is 11.9 Å². The number of aryl methyl sites for hydroxylation is 1. The summed E-state index contributed by atoms with van der Waals surface area (Å²) in [5, 5.41) is 5.28. The van der Waals surface area contributed by atoms with Crippen molar-refractivity contribution in [1.29, 1.82) is 0 Å². The molecule has 2 aromatic rings. The Morgan fingerprint density at radius 1 is 1.09 bits per heavy atom. The predicted octanol–water partition coefficient (Wildman–Crippen LogP) is 2.34. The number of hydrogen-bond acceptors (Lipinski definition) is 5. The number of hydrogen-bond donors (Lipinski definition) is 2.